The third-order valence-corrected chi connectivity index (χ3v) is 4.97. The fourth-order valence-corrected chi connectivity index (χ4v) is 3.34. The summed E-state index contributed by atoms with van der Waals surface area (Å²) in [5.41, 5.74) is 1.82. The molecular weight excluding hydrogens is 348 g/mol. The Balaban J connectivity index is 1.71. The highest BCUT2D eigenvalue weighted by molar-refractivity contribution is 7.10. The van der Waals surface area contributed by atoms with Crippen LogP contribution in [0, 0.1) is 6.92 Å². The van der Waals surface area contributed by atoms with Gasteiger partial charge in [0.15, 0.2) is 0 Å². The summed E-state index contributed by atoms with van der Waals surface area (Å²) in [5, 5.41) is 7.53. The van der Waals surface area contributed by atoms with Crippen molar-refractivity contribution >= 4 is 29.2 Å². The van der Waals surface area contributed by atoms with E-state index in [4.69, 9.17) is 4.74 Å². The molecule has 0 aliphatic carbocycles. The first-order valence-electron chi connectivity index (χ1n) is 8.65. The van der Waals surface area contributed by atoms with Crippen molar-refractivity contribution in [1.82, 2.24) is 10.6 Å². The van der Waals surface area contributed by atoms with Gasteiger partial charge in [0.05, 0.1) is 6.10 Å². The Hall–Kier alpha value is -2.44. The second kappa shape index (κ2) is 8.78. The predicted octanol–water partition coefficient (Wildman–Crippen LogP) is 3.12. The van der Waals surface area contributed by atoms with Gasteiger partial charge >= 0.3 is 0 Å². The van der Waals surface area contributed by atoms with Crippen LogP contribution in [-0.2, 0) is 9.53 Å². The van der Waals surface area contributed by atoms with Crippen LogP contribution < -0.4 is 10.6 Å². The molecule has 0 spiro atoms. The first-order valence-corrected chi connectivity index (χ1v) is 9.53. The van der Waals surface area contributed by atoms with E-state index in [2.05, 4.69) is 10.6 Å². The van der Waals surface area contributed by atoms with E-state index in [1.807, 2.05) is 36.6 Å². The number of rotatable bonds is 6. The van der Waals surface area contributed by atoms with E-state index in [9.17, 15) is 9.59 Å². The quantitative estimate of drug-likeness (QED) is 0.768. The van der Waals surface area contributed by atoms with Crippen molar-refractivity contribution in [1.29, 1.82) is 0 Å². The zero-order chi connectivity index (χ0) is 18.4. The van der Waals surface area contributed by atoms with Crippen molar-refractivity contribution in [2.75, 3.05) is 13.2 Å². The minimum absolute atomic E-state index is 0.0507. The molecule has 1 aromatic heterocycles. The maximum Gasteiger partial charge on any atom is 0.267 e. The lowest BCUT2D eigenvalue weighted by Crippen LogP contribution is -2.38. The molecule has 0 bridgehead atoms. The molecule has 0 saturated carbocycles. The van der Waals surface area contributed by atoms with Crippen LogP contribution >= 0.6 is 11.3 Å². The molecule has 26 heavy (non-hydrogen) atoms. The van der Waals surface area contributed by atoms with Crippen LogP contribution in [0.1, 0.15) is 33.6 Å². The van der Waals surface area contributed by atoms with E-state index >= 15 is 0 Å². The van der Waals surface area contributed by atoms with Gasteiger partial charge in [0.2, 0.25) is 0 Å². The lowest BCUT2D eigenvalue weighted by atomic mass is 10.1. The van der Waals surface area contributed by atoms with Gasteiger partial charge in [0.25, 0.3) is 11.8 Å². The van der Waals surface area contributed by atoms with Crippen molar-refractivity contribution in [3.05, 3.63) is 63.5 Å². The molecule has 1 fully saturated rings. The average Bonchev–Trinajstić information content (AvgIpc) is 3.33. The molecule has 1 aromatic carbocycles. The van der Waals surface area contributed by atoms with Crippen LogP contribution in [0.3, 0.4) is 0 Å². The molecule has 0 unspecified atom stereocenters. The highest BCUT2D eigenvalue weighted by atomic mass is 32.1. The van der Waals surface area contributed by atoms with E-state index in [-0.39, 0.29) is 23.6 Å². The highest BCUT2D eigenvalue weighted by Gasteiger charge is 2.19. The average molecular weight is 370 g/mol. The molecule has 2 aromatic rings. The summed E-state index contributed by atoms with van der Waals surface area (Å²) in [6.45, 7) is 3.14. The Morgan fingerprint density at radius 3 is 2.73 bits per heavy atom. The molecule has 5 nitrogen and oxygen atoms in total. The van der Waals surface area contributed by atoms with Gasteiger partial charge in [-0.15, -0.1) is 11.3 Å². The third kappa shape index (κ3) is 5.03. The van der Waals surface area contributed by atoms with E-state index in [1.165, 1.54) is 11.3 Å². The normalized spacial score (nSPS) is 17.1. The minimum atomic E-state index is -0.311. The van der Waals surface area contributed by atoms with E-state index < -0.39 is 0 Å². The summed E-state index contributed by atoms with van der Waals surface area (Å²) in [6.07, 6.45) is 3.71. The molecule has 2 heterocycles. The number of aryl methyl sites for hydroxylation is 1. The van der Waals surface area contributed by atoms with Crippen LogP contribution in [-0.4, -0.2) is 31.1 Å². The maximum atomic E-state index is 12.6. The smallest absolute Gasteiger partial charge is 0.267 e. The Labute approximate surface area is 157 Å². The lowest BCUT2D eigenvalue weighted by molar-refractivity contribution is -0.118. The number of thiophene rings is 1. The van der Waals surface area contributed by atoms with Crippen molar-refractivity contribution in [3.63, 3.8) is 0 Å². The number of carbonyl (C=O) groups is 2. The van der Waals surface area contributed by atoms with Crippen molar-refractivity contribution in [3.8, 4) is 0 Å². The topological polar surface area (TPSA) is 67.4 Å². The molecule has 2 N–H and O–H groups in total. The fourth-order valence-electron chi connectivity index (χ4n) is 2.68. The summed E-state index contributed by atoms with van der Waals surface area (Å²) < 4.78 is 5.53. The standard InChI is InChI=1S/C20H22N2O3S/c1-14-6-8-15(9-7-14)19(23)22-18(12-17-5-3-11-26-17)20(24)21-13-16-4-2-10-25-16/h3,5-9,11-12,16H,2,4,10,13H2,1H3,(H,21,24)(H,22,23)/b18-12-/t16-/m1/s1. The Morgan fingerprint density at radius 1 is 1.27 bits per heavy atom. The number of hydrogen-bond acceptors (Lipinski definition) is 4. The summed E-state index contributed by atoms with van der Waals surface area (Å²) in [4.78, 5) is 26.0. The lowest BCUT2D eigenvalue weighted by Gasteiger charge is -2.13. The molecule has 0 radical (unpaired) electrons. The molecule has 1 saturated heterocycles. The van der Waals surface area contributed by atoms with Gasteiger partial charge in [-0.25, -0.2) is 0 Å². The van der Waals surface area contributed by atoms with E-state index in [0.29, 0.717) is 12.1 Å². The van der Waals surface area contributed by atoms with Crippen molar-refractivity contribution in [2.24, 2.45) is 0 Å². The van der Waals surface area contributed by atoms with Gasteiger partial charge in [0.1, 0.15) is 5.70 Å². The highest BCUT2D eigenvalue weighted by Crippen LogP contribution is 2.14. The summed E-state index contributed by atoms with van der Waals surface area (Å²) in [6, 6.07) is 11.0. The van der Waals surface area contributed by atoms with E-state index in [0.717, 1.165) is 29.9 Å². The van der Waals surface area contributed by atoms with Crippen LogP contribution in [0.25, 0.3) is 6.08 Å². The van der Waals surface area contributed by atoms with Gasteiger partial charge in [0, 0.05) is 23.6 Å². The minimum Gasteiger partial charge on any atom is -0.376 e. The van der Waals surface area contributed by atoms with Gasteiger partial charge in [-0.2, -0.15) is 0 Å². The van der Waals surface area contributed by atoms with Gasteiger partial charge in [-0.1, -0.05) is 23.8 Å². The monoisotopic (exact) mass is 370 g/mol. The maximum absolute atomic E-state index is 12.6. The first kappa shape index (κ1) is 18.4. The first-order chi connectivity index (χ1) is 12.6. The second-order valence-corrected chi connectivity index (χ2v) is 7.22. The number of ether oxygens (including phenoxy) is 1. The fraction of sp³-hybridized carbons (Fsp3) is 0.300. The van der Waals surface area contributed by atoms with Crippen LogP contribution in [0.5, 0.6) is 0 Å². The Bertz CT molecular complexity index is 776. The number of benzene rings is 1. The van der Waals surface area contributed by atoms with Crippen LogP contribution in [0.2, 0.25) is 0 Å². The predicted molar refractivity (Wildman–Crippen MR) is 103 cm³/mol. The van der Waals surface area contributed by atoms with Gasteiger partial charge < -0.3 is 15.4 Å². The molecule has 1 atom stereocenters. The van der Waals surface area contributed by atoms with Gasteiger partial charge in [-0.3, -0.25) is 9.59 Å². The molecule has 2 amide bonds. The van der Waals surface area contributed by atoms with E-state index in [1.54, 1.807) is 18.2 Å². The number of nitrogens with one attached hydrogen (secondary N) is 2. The summed E-state index contributed by atoms with van der Waals surface area (Å²) in [7, 11) is 0. The van der Waals surface area contributed by atoms with Crippen molar-refractivity contribution < 1.29 is 14.3 Å². The molecule has 6 heteroatoms. The number of amides is 2. The SMILES string of the molecule is Cc1ccc(C(=O)N/C(=C\c2cccs2)C(=O)NC[C@H]2CCCO2)cc1. The zero-order valence-corrected chi connectivity index (χ0v) is 15.5. The van der Waals surface area contributed by atoms with Gasteiger partial charge in [-0.05, 0) is 49.4 Å². The second-order valence-electron chi connectivity index (χ2n) is 6.24. The molecule has 1 aliphatic heterocycles. The molecule has 1 aliphatic rings. The number of carbonyl (C=O) groups excluding carboxylic acids is 2. The zero-order valence-electron chi connectivity index (χ0n) is 14.7. The Kier molecular flexibility index (Phi) is 6.20. The molecule has 3 rings (SSSR count). The molecule has 136 valence electrons. The summed E-state index contributed by atoms with van der Waals surface area (Å²) >= 11 is 1.50. The van der Waals surface area contributed by atoms with Crippen LogP contribution in [0.15, 0.2) is 47.5 Å². The van der Waals surface area contributed by atoms with Crippen molar-refractivity contribution in [2.45, 2.75) is 25.9 Å². The van der Waals surface area contributed by atoms with Crippen LogP contribution in [0.4, 0.5) is 0 Å². The summed E-state index contributed by atoms with van der Waals surface area (Å²) in [5.74, 6) is -0.616. The molecular formula is C20H22N2O3S. The largest absolute Gasteiger partial charge is 0.376 e. The third-order valence-electron chi connectivity index (χ3n) is 4.15. The Morgan fingerprint density at radius 2 is 2.08 bits per heavy atom. The number of hydrogen-bond donors (Lipinski definition) is 2.